The first-order valence-electron chi connectivity index (χ1n) is 8.78. The molecule has 0 aliphatic rings. The highest BCUT2D eigenvalue weighted by Gasteiger charge is 2.13. The quantitative estimate of drug-likeness (QED) is 0.620. The number of thiocarbonyl (C=S) groups is 1. The van der Waals surface area contributed by atoms with Crippen molar-refractivity contribution >= 4 is 28.7 Å². The maximum absolute atomic E-state index is 5.72. The summed E-state index contributed by atoms with van der Waals surface area (Å²) in [5.74, 6) is 0. The van der Waals surface area contributed by atoms with Crippen LogP contribution in [0.4, 0.5) is 11.4 Å². The molecule has 1 heterocycles. The number of rotatable bonds is 5. The first-order valence-corrected chi connectivity index (χ1v) is 9.19. The van der Waals surface area contributed by atoms with E-state index in [2.05, 4.69) is 77.6 Å². The van der Waals surface area contributed by atoms with E-state index in [1.54, 1.807) is 6.20 Å². The standard InChI is InChI=1S/C22H23N3S/c1-3-18-9-11-20(12-10-18)24-22(26)25(21-8-5-13-23-15-21)16-19-7-4-6-17(2)14-19/h4-15H,3,16H2,1-2H3,(H,24,26). The van der Waals surface area contributed by atoms with Crippen molar-refractivity contribution in [1.82, 2.24) is 4.98 Å². The maximum atomic E-state index is 5.72. The number of hydrogen-bond donors (Lipinski definition) is 1. The van der Waals surface area contributed by atoms with Gasteiger partial charge in [-0.25, -0.2) is 0 Å². The third-order valence-electron chi connectivity index (χ3n) is 4.24. The zero-order valence-electron chi connectivity index (χ0n) is 15.1. The summed E-state index contributed by atoms with van der Waals surface area (Å²) in [5, 5.41) is 4.01. The number of anilines is 2. The van der Waals surface area contributed by atoms with Gasteiger partial charge in [-0.15, -0.1) is 0 Å². The molecule has 0 unspecified atom stereocenters. The van der Waals surface area contributed by atoms with Crippen molar-refractivity contribution in [3.63, 3.8) is 0 Å². The molecule has 0 atom stereocenters. The summed E-state index contributed by atoms with van der Waals surface area (Å²) in [5.41, 5.74) is 5.72. The summed E-state index contributed by atoms with van der Waals surface area (Å²) < 4.78 is 0. The molecule has 132 valence electrons. The maximum Gasteiger partial charge on any atom is 0.178 e. The van der Waals surface area contributed by atoms with Crippen LogP contribution in [-0.2, 0) is 13.0 Å². The van der Waals surface area contributed by atoms with E-state index in [9.17, 15) is 0 Å². The van der Waals surface area contributed by atoms with Crippen LogP contribution in [0.3, 0.4) is 0 Å². The SMILES string of the molecule is CCc1ccc(NC(=S)N(Cc2cccc(C)c2)c2cccnc2)cc1. The van der Waals surface area contributed by atoms with E-state index < -0.39 is 0 Å². The first-order chi connectivity index (χ1) is 12.7. The van der Waals surface area contributed by atoms with E-state index in [0.717, 1.165) is 17.8 Å². The lowest BCUT2D eigenvalue weighted by molar-refractivity contribution is 1.00. The second kappa shape index (κ2) is 8.59. The van der Waals surface area contributed by atoms with E-state index in [0.29, 0.717) is 11.7 Å². The molecule has 0 radical (unpaired) electrons. The Kier molecular flexibility index (Phi) is 5.97. The van der Waals surface area contributed by atoms with Gasteiger partial charge in [-0.1, -0.05) is 48.9 Å². The van der Waals surface area contributed by atoms with Crippen LogP contribution >= 0.6 is 12.2 Å². The third kappa shape index (κ3) is 4.67. The average Bonchev–Trinajstić information content (AvgIpc) is 2.67. The molecule has 26 heavy (non-hydrogen) atoms. The molecule has 2 aromatic carbocycles. The lowest BCUT2D eigenvalue weighted by Gasteiger charge is -2.26. The summed E-state index contributed by atoms with van der Waals surface area (Å²) in [7, 11) is 0. The van der Waals surface area contributed by atoms with Crippen molar-refractivity contribution in [3.8, 4) is 0 Å². The van der Waals surface area contributed by atoms with Crippen LogP contribution in [0.2, 0.25) is 0 Å². The van der Waals surface area contributed by atoms with Crippen LogP contribution in [0.15, 0.2) is 73.1 Å². The molecule has 0 aliphatic carbocycles. The minimum atomic E-state index is 0.656. The number of benzene rings is 2. The molecular formula is C22H23N3S. The van der Waals surface area contributed by atoms with E-state index in [4.69, 9.17) is 12.2 Å². The van der Waals surface area contributed by atoms with Gasteiger partial charge >= 0.3 is 0 Å². The van der Waals surface area contributed by atoms with Crippen LogP contribution in [-0.4, -0.2) is 10.1 Å². The Morgan fingerprint density at radius 1 is 1.04 bits per heavy atom. The molecule has 0 spiro atoms. The van der Waals surface area contributed by atoms with Gasteiger partial charge in [0.15, 0.2) is 5.11 Å². The predicted octanol–water partition coefficient (Wildman–Crippen LogP) is 5.36. The predicted molar refractivity (Wildman–Crippen MR) is 114 cm³/mol. The Morgan fingerprint density at radius 2 is 1.85 bits per heavy atom. The number of nitrogens with zero attached hydrogens (tertiary/aromatic N) is 2. The number of aryl methyl sites for hydroxylation is 2. The molecule has 1 N–H and O–H groups in total. The topological polar surface area (TPSA) is 28.2 Å². The van der Waals surface area contributed by atoms with Crippen molar-refractivity contribution in [2.24, 2.45) is 0 Å². The number of nitrogens with one attached hydrogen (secondary N) is 1. The minimum absolute atomic E-state index is 0.656. The lowest BCUT2D eigenvalue weighted by atomic mass is 10.1. The second-order valence-electron chi connectivity index (χ2n) is 6.27. The zero-order chi connectivity index (χ0) is 18.4. The molecule has 1 aromatic heterocycles. The van der Waals surface area contributed by atoms with Gasteiger partial charge in [0, 0.05) is 11.9 Å². The normalized spacial score (nSPS) is 10.4. The molecular weight excluding hydrogens is 338 g/mol. The number of aromatic nitrogens is 1. The van der Waals surface area contributed by atoms with E-state index in [1.165, 1.54) is 16.7 Å². The van der Waals surface area contributed by atoms with Crippen LogP contribution in [0.5, 0.6) is 0 Å². The Labute approximate surface area is 160 Å². The molecule has 3 nitrogen and oxygen atoms in total. The summed E-state index contributed by atoms with van der Waals surface area (Å²) >= 11 is 5.72. The molecule has 3 aromatic rings. The highest BCUT2D eigenvalue weighted by Crippen LogP contribution is 2.19. The number of pyridine rings is 1. The van der Waals surface area contributed by atoms with Gasteiger partial charge < -0.3 is 10.2 Å². The summed E-state index contributed by atoms with van der Waals surface area (Å²) in [6, 6.07) is 20.8. The van der Waals surface area contributed by atoms with Gasteiger partial charge in [0.25, 0.3) is 0 Å². The van der Waals surface area contributed by atoms with Gasteiger partial charge in [-0.2, -0.15) is 0 Å². The van der Waals surface area contributed by atoms with Crippen molar-refractivity contribution < 1.29 is 0 Å². The smallest absolute Gasteiger partial charge is 0.178 e. The van der Waals surface area contributed by atoms with Crippen LogP contribution in [0, 0.1) is 6.92 Å². The Balaban J connectivity index is 1.83. The molecule has 0 aliphatic heterocycles. The molecule has 4 heteroatoms. The molecule has 0 saturated heterocycles. The Bertz CT molecular complexity index is 860. The summed E-state index contributed by atoms with van der Waals surface area (Å²) in [4.78, 5) is 6.32. The fourth-order valence-corrected chi connectivity index (χ4v) is 3.09. The van der Waals surface area contributed by atoms with Gasteiger partial charge in [-0.3, -0.25) is 4.98 Å². The van der Waals surface area contributed by atoms with Gasteiger partial charge in [-0.05, 0) is 61.0 Å². The zero-order valence-corrected chi connectivity index (χ0v) is 16.0. The van der Waals surface area contributed by atoms with Crippen LogP contribution in [0.25, 0.3) is 0 Å². The van der Waals surface area contributed by atoms with Crippen LogP contribution in [0.1, 0.15) is 23.6 Å². The van der Waals surface area contributed by atoms with Gasteiger partial charge in [0.05, 0.1) is 18.4 Å². The second-order valence-corrected chi connectivity index (χ2v) is 6.65. The van der Waals surface area contributed by atoms with Crippen molar-refractivity contribution in [2.45, 2.75) is 26.8 Å². The third-order valence-corrected chi connectivity index (χ3v) is 4.56. The Morgan fingerprint density at radius 3 is 2.50 bits per heavy atom. The minimum Gasteiger partial charge on any atom is -0.332 e. The first kappa shape index (κ1) is 18.1. The summed E-state index contributed by atoms with van der Waals surface area (Å²) in [6.45, 7) is 4.94. The van der Waals surface area contributed by atoms with Crippen molar-refractivity contribution in [2.75, 3.05) is 10.2 Å². The van der Waals surface area contributed by atoms with Crippen molar-refractivity contribution in [3.05, 3.63) is 89.7 Å². The summed E-state index contributed by atoms with van der Waals surface area (Å²) in [6.07, 6.45) is 4.64. The largest absolute Gasteiger partial charge is 0.332 e. The Hall–Kier alpha value is -2.72. The van der Waals surface area contributed by atoms with Crippen molar-refractivity contribution in [1.29, 1.82) is 0 Å². The monoisotopic (exact) mass is 361 g/mol. The molecule has 0 bridgehead atoms. The van der Waals surface area contributed by atoms with E-state index >= 15 is 0 Å². The molecule has 0 amide bonds. The van der Waals surface area contributed by atoms with Crippen LogP contribution < -0.4 is 10.2 Å². The fraction of sp³-hybridized carbons (Fsp3) is 0.182. The molecule has 0 saturated carbocycles. The fourth-order valence-electron chi connectivity index (χ4n) is 2.80. The van der Waals surface area contributed by atoms with E-state index in [-0.39, 0.29) is 0 Å². The molecule has 3 rings (SSSR count). The van der Waals surface area contributed by atoms with Gasteiger partial charge in [0.1, 0.15) is 0 Å². The average molecular weight is 362 g/mol. The highest BCUT2D eigenvalue weighted by atomic mass is 32.1. The van der Waals surface area contributed by atoms with E-state index in [1.807, 2.05) is 18.3 Å². The van der Waals surface area contributed by atoms with Gasteiger partial charge in [0.2, 0.25) is 0 Å². The molecule has 0 fully saturated rings. The highest BCUT2D eigenvalue weighted by molar-refractivity contribution is 7.80. The lowest BCUT2D eigenvalue weighted by Crippen LogP contribution is -2.34. The number of hydrogen-bond acceptors (Lipinski definition) is 2.